The van der Waals surface area contributed by atoms with E-state index in [9.17, 15) is 29.4 Å². The number of esters is 1. The lowest BCUT2D eigenvalue weighted by atomic mass is 9.88. The summed E-state index contributed by atoms with van der Waals surface area (Å²) in [6, 6.07) is 10.2. The average Bonchev–Trinajstić information content (AvgIpc) is 2.77. The first-order chi connectivity index (χ1) is 16.0. The van der Waals surface area contributed by atoms with E-state index in [4.69, 9.17) is 4.74 Å². The smallest absolute Gasteiger partial charge is 0.323 e. The Kier molecular flexibility index (Phi) is 7.24. The second kappa shape index (κ2) is 9.94. The van der Waals surface area contributed by atoms with Gasteiger partial charge in [-0.15, -0.1) is 0 Å². The van der Waals surface area contributed by atoms with Crippen molar-refractivity contribution in [1.29, 1.82) is 0 Å². The monoisotopic (exact) mass is 468 g/mol. The quantitative estimate of drug-likeness (QED) is 0.486. The minimum absolute atomic E-state index is 0.135. The Bertz CT molecular complexity index is 1370. The topological polar surface area (TPSA) is 128 Å². The van der Waals surface area contributed by atoms with Crippen LogP contribution in [0.3, 0.4) is 0 Å². The second-order valence-corrected chi connectivity index (χ2v) is 8.67. The van der Waals surface area contributed by atoms with Crippen molar-refractivity contribution in [3.63, 3.8) is 0 Å². The number of pyridine rings is 2. The predicted molar refractivity (Wildman–Crippen MR) is 126 cm³/mol. The standard InChI is InChI=1S/C25H28N2O7/c1-14(2)12-27-19-8-6-5-7-16(19)10-18(24(27)32)17(11-22(31)34-4)23-20(28)9-15(3)26(25(23)33)13-21(29)30/h5-10,14,17,28H,11-13H2,1-4H3,(H,29,30)/t17-/m0/s1. The van der Waals surface area contributed by atoms with Crippen LogP contribution in [-0.2, 0) is 27.4 Å². The molecule has 9 heteroatoms. The number of carbonyl (C=O) groups is 2. The molecule has 2 aromatic heterocycles. The molecular weight excluding hydrogens is 440 g/mol. The van der Waals surface area contributed by atoms with E-state index in [2.05, 4.69) is 0 Å². The number of hydrogen-bond donors (Lipinski definition) is 2. The van der Waals surface area contributed by atoms with Gasteiger partial charge in [0.2, 0.25) is 0 Å². The average molecular weight is 469 g/mol. The Labute approximate surface area is 195 Å². The summed E-state index contributed by atoms with van der Waals surface area (Å²) in [7, 11) is 1.19. The van der Waals surface area contributed by atoms with Crippen LogP contribution >= 0.6 is 0 Å². The number of hydrogen-bond acceptors (Lipinski definition) is 6. The summed E-state index contributed by atoms with van der Waals surface area (Å²) >= 11 is 0. The largest absolute Gasteiger partial charge is 0.507 e. The maximum atomic E-state index is 13.7. The molecule has 0 fully saturated rings. The summed E-state index contributed by atoms with van der Waals surface area (Å²) in [5, 5.41) is 20.7. The van der Waals surface area contributed by atoms with Gasteiger partial charge in [0.15, 0.2) is 0 Å². The molecule has 2 heterocycles. The molecule has 1 aromatic carbocycles. The minimum Gasteiger partial charge on any atom is -0.507 e. The van der Waals surface area contributed by atoms with Crippen molar-refractivity contribution in [2.45, 2.75) is 46.2 Å². The van der Waals surface area contributed by atoms with Gasteiger partial charge in [-0.3, -0.25) is 19.2 Å². The van der Waals surface area contributed by atoms with Gasteiger partial charge in [-0.1, -0.05) is 32.0 Å². The van der Waals surface area contributed by atoms with E-state index in [1.807, 2.05) is 38.1 Å². The van der Waals surface area contributed by atoms with Crippen LogP contribution in [0, 0.1) is 12.8 Å². The van der Waals surface area contributed by atoms with Crippen LogP contribution in [0.5, 0.6) is 5.75 Å². The molecule has 0 saturated heterocycles. The zero-order valence-electron chi connectivity index (χ0n) is 19.6. The number of carboxylic acid groups (broad SMARTS) is 1. The fraction of sp³-hybridized carbons (Fsp3) is 0.360. The van der Waals surface area contributed by atoms with E-state index >= 15 is 0 Å². The number of nitrogens with zero attached hydrogens (tertiary/aromatic N) is 2. The molecule has 0 saturated carbocycles. The summed E-state index contributed by atoms with van der Waals surface area (Å²) in [4.78, 5) is 50.7. The second-order valence-electron chi connectivity index (χ2n) is 8.67. The number of ether oxygens (including phenoxy) is 1. The fourth-order valence-electron chi connectivity index (χ4n) is 4.19. The number of aromatic hydroxyl groups is 1. The van der Waals surface area contributed by atoms with Crippen LogP contribution in [0.4, 0.5) is 0 Å². The number of aryl methyl sites for hydroxylation is 1. The maximum absolute atomic E-state index is 13.7. The molecule has 2 N–H and O–H groups in total. The molecule has 3 rings (SSSR count). The first-order valence-corrected chi connectivity index (χ1v) is 10.9. The molecule has 9 nitrogen and oxygen atoms in total. The lowest BCUT2D eigenvalue weighted by Crippen LogP contribution is -2.34. The molecule has 0 amide bonds. The summed E-state index contributed by atoms with van der Waals surface area (Å²) in [6.07, 6.45) is -0.384. The Morgan fingerprint density at radius 1 is 1.06 bits per heavy atom. The predicted octanol–water partition coefficient (Wildman–Crippen LogP) is 2.61. The van der Waals surface area contributed by atoms with Crippen molar-refractivity contribution in [1.82, 2.24) is 9.13 Å². The molecule has 0 unspecified atom stereocenters. The zero-order chi connectivity index (χ0) is 25.2. The van der Waals surface area contributed by atoms with Gasteiger partial charge < -0.3 is 24.1 Å². The molecule has 1 atom stereocenters. The van der Waals surface area contributed by atoms with Crippen molar-refractivity contribution in [2.75, 3.05) is 7.11 Å². The van der Waals surface area contributed by atoms with Gasteiger partial charge in [0.1, 0.15) is 12.3 Å². The van der Waals surface area contributed by atoms with Crippen molar-refractivity contribution >= 4 is 22.8 Å². The van der Waals surface area contributed by atoms with E-state index in [1.54, 1.807) is 10.6 Å². The van der Waals surface area contributed by atoms with Gasteiger partial charge >= 0.3 is 11.9 Å². The number of methoxy groups -OCH3 is 1. The molecule has 34 heavy (non-hydrogen) atoms. The highest BCUT2D eigenvalue weighted by atomic mass is 16.5. The third kappa shape index (κ3) is 4.88. The van der Waals surface area contributed by atoms with Crippen LogP contribution in [0.25, 0.3) is 10.9 Å². The van der Waals surface area contributed by atoms with Crippen molar-refractivity contribution in [3.8, 4) is 5.75 Å². The molecule has 0 aliphatic carbocycles. The van der Waals surface area contributed by atoms with E-state index in [0.717, 1.165) is 9.95 Å². The molecule has 0 radical (unpaired) electrons. The van der Waals surface area contributed by atoms with E-state index < -0.39 is 41.3 Å². The van der Waals surface area contributed by atoms with Crippen LogP contribution < -0.4 is 11.1 Å². The van der Waals surface area contributed by atoms with Crippen LogP contribution in [-0.4, -0.2) is 38.4 Å². The van der Waals surface area contributed by atoms with Crippen molar-refractivity contribution < 1.29 is 24.5 Å². The third-order valence-electron chi connectivity index (χ3n) is 5.72. The summed E-state index contributed by atoms with van der Waals surface area (Å²) in [5.41, 5.74) is -0.315. The first kappa shape index (κ1) is 24.8. The van der Waals surface area contributed by atoms with Gasteiger partial charge in [-0.25, -0.2) is 0 Å². The maximum Gasteiger partial charge on any atom is 0.323 e. The number of rotatable bonds is 8. The van der Waals surface area contributed by atoms with Gasteiger partial charge in [0.25, 0.3) is 11.1 Å². The summed E-state index contributed by atoms with van der Waals surface area (Å²) in [6.45, 7) is 5.21. The molecule has 180 valence electrons. The summed E-state index contributed by atoms with van der Waals surface area (Å²) < 4.78 is 7.40. The molecule has 0 spiro atoms. The lowest BCUT2D eigenvalue weighted by Gasteiger charge is -2.22. The number of carbonyl (C=O) groups excluding carboxylic acids is 1. The summed E-state index contributed by atoms with van der Waals surface area (Å²) in [5.74, 6) is -3.35. The number of para-hydroxylation sites is 1. The number of fused-ring (bicyclic) bond motifs is 1. The molecule has 3 aromatic rings. The Balaban J connectivity index is 2.38. The first-order valence-electron chi connectivity index (χ1n) is 10.9. The van der Waals surface area contributed by atoms with Gasteiger partial charge in [-0.2, -0.15) is 0 Å². The fourth-order valence-corrected chi connectivity index (χ4v) is 4.19. The third-order valence-corrected chi connectivity index (χ3v) is 5.72. The highest BCUT2D eigenvalue weighted by Crippen LogP contribution is 2.32. The Morgan fingerprint density at radius 3 is 2.35 bits per heavy atom. The number of aromatic nitrogens is 2. The normalized spacial score (nSPS) is 12.1. The Morgan fingerprint density at radius 2 is 1.74 bits per heavy atom. The van der Waals surface area contributed by atoms with Gasteiger partial charge in [-0.05, 0) is 36.4 Å². The molecule has 0 bridgehead atoms. The van der Waals surface area contributed by atoms with Gasteiger partial charge in [0, 0.05) is 23.7 Å². The van der Waals surface area contributed by atoms with Crippen molar-refractivity contribution in [2.24, 2.45) is 5.92 Å². The molecular formula is C25H28N2O7. The van der Waals surface area contributed by atoms with E-state index in [-0.39, 0.29) is 29.2 Å². The van der Waals surface area contributed by atoms with Crippen LogP contribution in [0.15, 0.2) is 46.0 Å². The van der Waals surface area contributed by atoms with Crippen LogP contribution in [0.2, 0.25) is 0 Å². The zero-order valence-corrected chi connectivity index (χ0v) is 19.6. The number of carboxylic acids is 1. The SMILES string of the molecule is COC(=O)C[C@H](c1c(O)cc(C)n(CC(=O)O)c1=O)c1cc2ccccc2n(CC(C)C)c1=O. The number of aliphatic carboxylic acids is 1. The van der Waals surface area contributed by atoms with Gasteiger partial charge in [0.05, 0.1) is 24.6 Å². The van der Waals surface area contributed by atoms with E-state index in [1.165, 1.54) is 20.1 Å². The van der Waals surface area contributed by atoms with Crippen molar-refractivity contribution in [3.05, 3.63) is 73.9 Å². The Hall–Kier alpha value is -3.88. The number of benzene rings is 1. The van der Waals surface area contributed by atoms with E-state index in [0.29, 0.717) is 12.1 Å². The van der Waals surface area contributed by atoms with Crippen LogP contribution in [0.1, 0.15) is 43.0 Å². The highest BCUT2D eigenvalue weighted by molar-refractivity contribution is 5.80. The highest BCUT2D eigenvalue weighted by Gasteiger charge is 2.30. The lowest BCUT2D eigenvalue weighted by molar-refractivity contribution is -0.141. The molecule has 0 aliphatic rings. The minimum atomic E-state index is -1.24. The molecule has 0 aliphatic heterocycles.